The maximum absolute atomic E-state index is 12.6. The second kappa shape index (κ2) is 4.96. The summed E-state index contributed by atoms with van der Waals surface area (Å²) in [6.45, 7) is 4.89. The molecule has 0 spiro atoms. The molecular weight excluding hydrogens is 240 g/mol. The SMILES string of the molecule is CCc1cc(C(=O)N2C[C@@H]3CCCN[C@@H]3C2)n(C)n1. The van der Waals surface area contributed by atoms with Crippen LogP contribution in [-0.4, -0.2) is 46.3 Å². The highest BCUT2D eigenvalue weighted by Crippen LogP contribution is 2.26. The van der Waals surface area contributed by atoms with Crippen molar-refractivity contribution in [2.75, 3.05) is 19.6 Å². The van der Waals surface area contributed by atoms with Crippen molar-refractivity contribution in [1.82, 2.24) is 20.0 Å². The smallest absolute Gasteiger partial charge is 0.272 e. The molecule has 2 aliphatic rings. The quantitative estimate of drug-likeness (QED) is 0.858. The fourth-order valence-electron chi connectivity index (χ4n) is 3.27. The van der Waals surface area contributed by atoms with Gasteiger partial charge in [0.15, 0.2) is 0 Å². The number of nitrogens with zero attached hydrogens (tertiary/aromatic N) is 3. The van der Waals surface area contributed by atoms with Crippen molar-refractivity contribution >= 4 is 5.91 Å². The van der Waals surface area contributed by atoms with Crippen LogP contribution >= 0.6 is 0 Å². The van der Waals surface area contributed by atoms with Gasteiger partial charge in [0.1, 0.15) is 5.69 Å². The number of amides is 1. The number of nitrogens with one attached hydrogen (secondary N) is 1. The molecule has 1 amide bonds. The first-order valence-corrected chi connectivity index (χ1v) is 7.24. The van der Waals surface area contributed by atoms with Crippen molar-refractivity contribution in [2.45, 2.75) is 32.2 Å². The minimum atomic E-state index is 0.130. The van der Waals surface area contributed by atoms with Crippen molar-refractivity contribution < 1.29 is 4.79 Å². The standard InChI is InChI=1S/C14H22N4O/c1-3-11-7-13(17(2)16-11)14(19)18-8-10-5-4-6-15-12(10)9-18/h7,10,12,15H,3-6,8-9H2,1-2H3/t10-,12+/m0/s1. The van der Waals surface area contributed by atoms with E-state index in [1.54, 1.807) is 4.68 Å². The first-order chi connectivity index (χ1) is 9.19. The Labute approximate surface area is 114 Å². The predicted molar refractivity (Wildman–Crippen MR) is 73.0 cm³/mol. The lowest BCUT2D eigenvalue weighted by atomic mass is 9.94. The van der Waals surface area contributed by atoms with Gasteiger partial charge in [-0.25, -0.2) is 0 Å². The molecule has 5 heteroatoms. The summed E-state index contributed by atoms with van der Waals surface area (Å²) in [7, 11) is 1.85. The van der Waals surface area contributed by atoms with Crippen LogP contribution < -0.4 is 5.32 Å². The highest BCUT2D eigenvalue weighted by Gasteiger charge is 2.37. The largest absolute Gasteiger partial charge is 0.335 e. The molecule has 2 aliphatic heterocycles. The summed E-state index contributed by atoms with van der Waals surface area (Å²) in [6, 6.07) is 2.43. The van der Waals surface area contributed by atoms with Gasteiger partial charge in [0.05, 0.1) is 5.69 Å². The number of fused-ring (bicyclic) bond motifs is 1. The van der Waals surface area contributed by atoms with Crippen molar-refractivity contribution in [3.63, 3.8) is 0 Å². The monoisotopic (exact) mass is 262 g/mol. The molecule has 1 N–H and O–H groups in total. The normalized spacial score (nSPS) is 26.5. The number of carbonyl (C=O) groups excluding carboxylic acids is 1. The molecular formula is C14H22N4O. The summed E-state index contributed by atoms with van der Waals surface area (Å²) in [5.41, 5.74) is 1.70. The lowest BCUT2D eigenvalue weighted by Crippen LogP contribution is -2.41. The fraction of sp³-hybridized carbons (Fsp3) is 0.714. The second-order valence-corrected chi connectivity index (χ2v) is 5.67. The summed E-state index contributed by atoms with van der Waals surface area (Å²) >= 11 is 0. The van der Waals surface area contributed by atoms with E-state index in [1.807, 2.05) is 18.0 Å². The van der Waals surface area contributed by atoms with E-state index >= 15 is 0 Å². The molecule has 0 unspecified atom stereocenters. The van der Waals surface area contributed by atoms with Crippen LogP contribution in [-0.2, 0) is 13.5 Å². The van der Waals surface area contributed by atoms with E-state index in [4.69, 9.17) is 0 Å². The predicted octanol–water partition coefficient (Wildman–Crippen LogP) is 0.806. The molecule has 2 atom stereocenters. The Morgan fingerprint density at radius 1 is 1.53 bits per heavy atom. The molecule has 5 nitrogen and oxygen atoms in total. The summed E-state index contributed by atoms with van der Waals surface area (Å²) in [5, 5.41) is 7.90. The highest BCUT2D eigenvalue weighted by molar-refractivity contribution is 5.93. The van der Waals surface area contributed by atoms with E-state index in [-0.39, 0.29) is 5.91 Å². The molecule has 3 rings (SSSR count). The average molecular weight is 262 g/mol. The molecule has 1 aromatic heterocycles. The van der Waals surface area contributed by atoms with Crippen molar-refractivity contribution in [1.29, 1.82) is 0 Å². The van der Waals surface area contributed by atoms with Crippen LogP contribution in [0.2, 0.25) is 0 Å². The van der Waals surface area contributed by atoms with E-state index in [0.717, 1.165) is 37.4 Å². The Bertz CT molecular complexity index is 468. The molecule has 2 saturated heterocycles. The van der Waals surface area contributed by atoms with Crippen LogP contribution in [0.5, 0.6) is 0 Å². The number of carbonyl (C=O) groups is 1. The van der Waals surface area contributed by atoms with Gasteiger partial charge in [0.25, 0.3) is 5.91 Å². The van der Waals surface area contributed by atoms with Gasteiger partial charge in [-0.1, -0.05) is 6.92 Å². The highest BCUT2D eigenvalue weighted by atomic mass is 16.2. The Morgan fingerprint density at radius 2 is 2.37 bits per heavy atom. The molecule has 0 bridgehead atoms. The lowest BCUT2D eigenvalue weighted by molar-refractivity contribution is 0.0774. The molecule has 0 aliphatic carbocycles. The van der Waals surface area contributed by atoms with Crippen molar-refractivity contribution in [3.8, 4) is 0 Å². The molecule has 2 fully saturated rings. The van der Waals surface area contributed by atoms with E-state index in [2.05, 4.69) is 17.3 Å². The molecule has 0 radical (unpaired) electrons. The summed E-state index contributed by atoms with van der Waals surface area (Å²) in [6.07, 6.45) is 3.34. The number of piperidine rings is 1. The molecule has 3 heterocycles. The van der Waals surface area contributed by atoms with Gasteiger partial charge in [-0.05, 0) is 37.8 Å². The first kappa shape index (κ1) is 12.7. The Hall–Kier alpha value is -1.36. The van der Waals surface area contributed by atoms with Gasteiger partial charge < -0.3 is 10.2 Å². The summed E-state index contributed by atoms with van der Waals surface area (Å²) in [4.78, 5) is 14.6. The van der Waals surface area contributed by atoms with Gasteiger partial charge >= 0.3 is 0 Å². The van der Waals surface area contributed by atoms with Crippen LogP contribution in [0.15, 0.2) is 6.07 Å². The first-order valence-electron chi connectivity index (χ1n) is 7.24. The topological polar surface area (TPSA) is 50.2 Å². The third-order valence-corrected chi connectivity index (χ3v) is 4.40. The number of rotatable bonds is 2. The van der Waals surface area contributed by atoms with Crippen LogP contribution in [0.4, 0.5) is 0 Å². The average Bonchev–Trinajstić information content (AvgIpc) is 3.01. The maximum atomic E-state index is 12.6. The fourth-order valence-corrected chi connectivity index (χ4v) is 3.27. The number of hydrogen-bond donors (Lipinski definition) is 1. The number of hydrogen-bond acceptors (Lipinski definition) is 3. The number of likely N-dealkylation sites (tertiary alicyclic amines) is 1. The van der Waals surface area contributed by atoms with Gasteiger partial charge in [0.2, 0.25) is 0 Å². The second-order valence-electron chi connectivity index (χ2n) is 5.67. The lowest BCUT2D eigenvalue weighted by Gasteiger charge is -2.24. The van der Waals surface area contributed by atoms with Gasteiger partial charge in [0, 0.05) is 26.2 Å². The minimum Gasteiger partial charge on any atom is -0.335 e. The van der Waals surface area contributed by atoms with Crippen molar-refractivity contribution in [3.05, 3.63) is 17.5 Å². The summed E-state index contributed by atoms with van der Waals surface area (Å²) < 4.78 is 1.72. The zero-order chi connectivity index (χ0) is 13.4. The zero-order valence-corrected chi connectivity index (χ0v) is 11.7. The van der Waals surface area contributed by atoms with Crippen LogP contribution in [0, 0.1) is 5.92 Å². The van der Waals surface area contributed by atoms with Crippen molar-refractivity contribution in [2.24, 2.45) is 13.0 Å². The van der Waals surface area contributed by atoms with E-state index < -0.39 is 0 Å². The molecule has 0 saturated carbocycles. The Morgan fingerprint density at radius 3 is 3.05 bits per heavy atom. The third-order valence-electron chi connectivity index (χ3n) is 4.40. The van der Waals surface area contributed by atoms with Gasteiger partial charge in [-0.15, -0.1) is 0 Å². The summed E-state index contributed by atoms with van der Waals surface area (Å²) in [5.74, 6) is 0.766. The van der Waals surface area contributed by atoms with Gasteiger partial charge in [-0.3, -0.25) is 9.48 Å². The molecule has 104 valence electrons. The van der Waals surface area contributed by atoms with E-state index in [0.29, 0.717) is 12.0 Å². The van der Waals surface area contributed by atoms with Crippen LogP contribution in [0.1, 0.15) is 35.9 Å². The minimum absolute atomic E-state index is 0.130. The van der Waals surface area contributed by atoms with Gasteiger partial charge in [-0.2, -0.15) is 5.10 Å². The maximum Gasteiger partial charge on any atom is 0.272 e. The number of aryl methyl sites for hydroxylation is 2. The third kappa shape index (κ3) is 2.27. The van der Waals surface area contributed by atoms with E-state index in [1.165, 1.54) is 12.8 Å². The van der Waals surface area contributed by atoms with E-state index in [9.17, 15) is 4.79 Å². The number of aromatic nitrogens is 2. The molecule has 19 heavy (non-hydrogen) atoms. The van der Waals surface area contributed by atoms with Crippen LogP contribution in [0.25, 0.3) is 0 Å². The molecule has 0 aromatic carbocycles. The molecule has 1 aromatic rings. The zero-order valence-electron chi connectivity index (χ0n) is 11.7. The Balaban J connectivity index is 1.75. The van der Waals surface area contributed by atoms with Crippen LogP contribution in [0.3, 0.4) is 0 Å². The Kier molecular flexibility index (Phi) is 3.31.